The van der Waals surface area contributed by atoms with E-state index in [2.05, 4.69) is 12.2 Å². The molecule has 2 fully saturated rings. The van der Waals surface area contributed by atoms with Crippen molar-refractivity contribution in [3.05, 3.63) is 0 Å². The van der Waals surface area contributed by atoms with Crippen LogP contribution in [0.1, 0.15) is 32.6 Å². The molecule has 1 saturated heterocycles. The van der Waals surface area contributed by atoms with E-state index in [1.165, 1.54) is 0 Å². The average molecular weight is 270 g/mol. The molecule has 2 aliphatic rings. The van der Waals surface area contributed by atoms with Crippen molar-refractivity contribution in [2.75, 3.05) is 26.4 Å². The molecule has 0 radical (unpaired) electrons. The fourth-order valence-corrected chi connectivity index (χ4v) is 2.97. The van der Waals surface area contributed by atoms with E-state index in [1.807, 2.05) is 0 Å². The fraction of sp³-hybridized carbons (Fsp3) is 0.846. The third-order valence-electron chi connectivity index (χ3n) is 4.20. The summed E-state index contributed by atoms with van der Waals surface area (Å²) in [5.74, 6) is 0.452. The molecule has 0 unspecified atom stereocenters. The Morgan fingerprint density at radius 1 is 1.37 bits per heavy atom. The highest BCUT2D eigenvalue weighted by molar-refractivity contribution is 6.07. The van der Waals surface area contributed by atoms with Crippen LogP contribution in [0, 0.1) is 5.92 Å². The van der Waals surface area contributed by atoms with Gasteiger partial charge in [0.2, 0.25) is 0 Å². The van der Waals surface area contributed by atoms with Gasteiger partial charge in [-0.1, -0.05) is 6.92 Å². The van der Waals surface area contributed by atoms with Crippen LogP contribution in [0.5, 0.6) is 0 Å². The van der Waals surface area contributed by atoms with Gasteiger partial charge in [0.25, 0.3) is 5.91 Å². The summed E-state index contributed by atoms with van der Waals surface area (Å²) in [4.78, 5) is 25.6. The second-order valence-corrected chi connectivity index (χ2v) is 5.46. The van der Waals surface area contributed by atoms with Crippen LogP contribution in [0.3, 0.4) is 0 Å². The van der Waals surface area contributed by atoms with Crippen LogP contribution in [-0.2, 0) is 9.53 Å². The lowest BCUT2D eigenvalue weighted by molar-refractivity contribution is -0.129. The first-order valence-electron chi connectivity index (χ1n) is 6.92. The molecular formula is C13H22N2O4. The number of imide groups is 1. The molecule has 3 amide bonds. The van der Waals surface area contributed by atoms with Gasteiger partial charge < -0.3 is 14.7 Å². The molecule has 0 bridgehead atoms. The number of nitrogens with zero attached hydrogens (tertiary/aromatic N) is 1. The zero-order valence-electron chi connectivity index (χ0n) is 11.4. The van der Waals surface area contributed by atoms with E-state index in [1.54, 1.807) is 4.90 Å². The number of nitrogens with one attached hydrogen (secondary N) is 1. The standard InChI is InChI=1S/C13H22N2O4/c1-10-2-4-13(5-3-10)11(17)14-12(18)15(13)6-8-19-9-7-16/h10,16H,2-9H2,1H3,(H,14,17,18). The summed E-state index contributed by atoms with van der Waals surface area (Å²) in [6.07, 6.45) is 3.39. The van der Waals surface area contributed by atoms with Gasteiger partial charge in [-0.25, -0.2) is 4.79 Å². The highest BCUT2D eigenvalue weighted by atomic mass is 16.5. The minimum absolute atomic E-state index is 0.0339. The largest absolute Gasteiger partial charge is 0.394 e. The molecule has 0 aromatic heterocycles. The van der Waals surface area contributed by atoms with Crippen LogP contribution in [0.25, 0.3) is 0 Å². The van der Waals surface area contributed by atoms with Crippen molar-refractivity contribution < 1.29 is 19.4 Å². The summed E-state index contributed by atoms with van der Waals surface area (Å²) in [7, 11) is 0. The predicted molar refractivity (Wildman–Crippen MR) is 68.5 cm³/mol. The first-order valence-corrected chi connectivity index (χ1v) is 6.92. The van der Waals surface area contributed by atoms with Crippen molar-refractivity contribution in [1.82, 2.24) is 10.2 Å². The molecule has 2 N–H and O–H groups in total. The minimum Gasteiger partial charge on any atom is -0.394 e. The topological polar surface area (TPSA) is 78.9 Å². The van der Waals surface area contributed by atoms with E-state index in [0.29, 0.717) is 19.1 Å². The molecule has 6 nitrogen and oxygen atoms in total. The van der Waals surface area contributed by atoms with Crippen LogP contribution in [-0.4, -0.2) is 53.8 Å². The summed E-state index contributed by atoms with van der Waals surface area (Å²) in [6.45, 7) is 3.14. The van der Waals surface area contributed by atoms with Crippen molar-refractivity contribution in [3.8, 4) is 0 Å². The number of carbonyl (C=O) groups is 2. The van der Waals surface area contributed by atoms with Gasteiger partial charge in [-0.3, -0.25) is 10.1 Å². The van der Waals surface area contributed by atoms with Gasteiger partial charge in [0, 0.05) is 6.54 Å². The first kappa shape index (κ1) is 14.3. The molecule has 108 valence electrons. The highest BCUT2D eigenvalue weighted by Crippen LogP contribution is 2.39. The SMILES string of the molecule is CC1CCC2(CC1)C(=O)NC(=O)N2CCOCCO. The number of urea groups is 1. The van der Waals surface area contributed by atoms with Crippen molar-refractivity contribution >= 4 is 11.9 Å². The van der Waals surface area contributed by atoms with Crippen LogP contribution >= 0.6 is 0 Å². The molecule has 0 aromatic rings. The summed E-state index contributed by atoms with van der Waals surface area (Å²) in [5, 5.41) is 11.1. The van der Waals surface area contributed by atoms with E-state index in [-0.39, 0.29) is 25.2 Å². The van der Waals surface area contributed by atoms with Gasteiger partial charge in [-0.2, -0.15) is 0 Å². The Hall–Kier alpha value is -1.14. The molecule has 0 aromatic carbocycles. The maximum atomic E-state index is 12.1. The maximum Gasteiger partial charge on any atom is 0.325 e. The Morgan fingerprint density at radius 3 is 2.68 bits per heavy atom. The highest BCUT2D eigenvalue weighted by Gasteiger charge is 2.53. The van der Waals surface area contributed by atoms with E-state index >= 15 is 0 Å². The van der Waals surface area contributed by atoms with E-state index in [4.69, 9.17) is 9.84 Å². The second-order valence-electron chi connectivity index (χ2n) is 5.46. The first-order chi connectivity index (χ1) is 9.10. The van der Waals surface area contributed by atoms with E-state index in [0.717, 1.165) is 25.7 Å². The number of amides is 3. The third-order valence-corrected chi connectivity index (χ3v) is 4.20. The van der Waals surface area contributed by atoms with Crippen LogP contribution < -0.4 is 5.32 Å². The van der Waals surface area contributed by atoms with E-state index in [9.17, 15) is 9.59 Å². The van der Waals surface area contributed by atoms with Gasteiger partial charge in [0.15, 0.2) is 0 Å². The lowest BCUT2D eigenvalue weighted by atomic mass is 9.76. The molecule has 6 heteroatoms. The molecule has 0 atom stereocenters. The van der Waals surface area contributed by atoms with Crippen molar-refractivity contribution in [2.45, 2.75) is 38.1 Å². The van der Waals surface area contributed by atoms with Gasteiger partial charge in [-0.15, -0.1) is 0 Å². The minimum atomic E-state index is -0.661. The van der Waals surface area contributed by atoms with Gasteiger partial charge >= 0.3 is 6.03 Å². The third kappa shape index (κ3) is 2.74. The number of aliphatic hydroxyl groups is 1. The lowest BCUT2D eigenvalue weighted by Crippen LogP contribution is -2.52. The Kier molecular flexibility index (Phi) is 4.42. The number of carbonyl (C=O) groups excluding carboxylic acids is 2. The maximum absolute atomic E-state index is 12.1. The van der Waals surface area contributed by atoms with Crippen LogP contribution in [0.2, 0.25) is 0 Å². The summed E-state index contributed by atoms with van der Waals surface area (Å²) >= 11 is 0. The van der Waals surface area contributed by atoms with Gasteiger partial charge in [0.05, 0.1) is 19.8 Å². The monoisotopic (exact) mass is 270 g/mol. The van der Waals surface area contributed by atoms with Crippen molar-refractivity contribution in [1.29, 1.82) is 0 Å². The Morgan fingerprint density at radius 2 is 2.05 bits per heavy atom. The number of hydrogen-bond donors (Lipinski definition) is 2. The zero-order chi connectivity index (χ0) is 13.9. The quantitative estimate of drug-likeness (QED) is 0.563. The summed E-state index contributed by atoms with van der Waals surface area (Å²) in [6, 6.07) is -0.313. The van der Waals surface area contributed by atoms with Gasteiger partial charge in [-0.05, 0) is 31.6 Å². The van der Waals surface area contributed by atoms with E-state index < -0.39 is 5.54 Å². The summed E-state index contributed by atoms with van der Waals surface area (Å²) < 4.78 is 5.20. The number of ether oxygens (including phenoxy) is 1. The molecule has 2 rings (SSSR count). The van der Waals surface area contributed by atoms with Crippen molar-refractivity contribution in [2.24, 2.45) is 5.92 Å². The molecule has 1 heterocycles. The molecule has 19 heavy (non-hydrogen) atoms. The molecular weight excluding hydrogens is 248 g/mol. The smallest absolute Gasteiger partial charge is 0.325 e. The number of hydrogen-bond acceptors (Lipinski definition) is 4. The van der Waals surface area contributed by atoms with Crippen LogP contribution in [0.4, 0.5) is 4.79 Å². The molecule has 1 aliphatic carbocycles. The predicted octanol–water partition coefficient (Wildman–Crippen LogP) is 0.496. The van der Waals surface area contributed by atoms with Gasteiger partial charge in [0.1, 0.15) is 5.54 Å². The number of aliphatic hydroxyl groups excluding tert-OH is 1. The lowest BCUT2D eigenvalue weighted by Gasteiger charge is -2.40. The summed E-state index contributed by atoms with van der Waals surface area (Å²) in [5.41, 5.74) is -0.661. The molecule has 1 saturated carbocycles. The molecule has 1 spiro atoms. The zero-order valence-corrected chi connectivity index (χ0v) is 11.4. The Bertz CT molecular complexity index is 351. The normalized spacial score (nSPS) is 31.1. The fourth-order valence-electron chi connectivity index (χ4n) is 2.97. The van der Waals surface area contributed by atoms with Crippen molar-refractivity contribution in [3.63, 3.8) is 0 Å². The Labute approximate surface area is 113 Å². The molecule has 1 aliphatic heterocycles. The average Bonchev–Trinajstić information content (AvgIpc) is 2.61. The Balaban J connectivity index is 2.01. The van der Waals surface area contributed by atoms with Crippen LogP contribution in [0.15, 0.2) is 0 Å². The number of rotatable bonds is 5. The second kappa shape index (κ2) is 5.88.